The fraction of sp³-hybridized carbons (Fsp3) is 0.154. The number of urea groups is 1. The maximum Gasteiger partial charge on any atom is 0.312 e. The number of benzene rings is 2. The van der Waals surface area contributed by atoms with Crippen LogP contribution in [0.4, 0.5) is 4.79 Å². The van der Waals surface area contributed by atoms with Crippen LogP contribution in [0.15, 0.2) is 36.4 Å². The first-order chi connectivity index (χ1) is 8.16. The van der Waals surface area contributed by atoms with E-state index < -0.39 is 6.03 Å². The number of carbonyl (C=O) groups is 1. The van der Waals surface area contributed by atoms with Crippen LogP contribution < -0.4 is 11.1 Å². The summed E-state index contributed by atoms with van der Waals surface area (Å²) in [5.41, 5.74) is 6.08. The van der Waals surface area contributed by atoms with E-state index in [1.54, 1.807) is 12.1 Å². The Morgan fingerprint density at radius 3 is 2.88 bits per heavy atom. The van der Waals surface area contributed by atoms with Gasteiger partial charge in [0.15, 0.2) is 0 Å². The minimum Gasteiger partial charge on any atom is -0.508 e. The second kappa shape index (κ2) is 4.74. The first-order valence-corrected chi connectivity index (χ1v) is 5.41. The molecule has 0 aliphatic rings. The number of rotatable bonds is 3. The molecule has 0 saturated heterocycles. The largest absolute Gasteiger partial charge is 0.508 e. The molecular formula is C13H14N2O2. The van der Waals surface area contributed by atoms with Gasteiger partial charge in [-0.1, -0.05) is 24.3 Å². The number of phenolic OH excluding ortho intramolecular Hbond substituents is 1. The quantitative estimate of drug-likeness (QED) is 0.751. The van der Waals surface area contributed by atoms with Gasteiger partial charge in [0, 0.05) is 6.54 Å². The third-order valence-electron chi connectivity index (χ3n) is 2.65. The van der Waals surface area contributed by atoms with E-state index in [0.717, 1.165) is 16.3 Å². The van der Waals surface area contributed by atoms with E-state index in [2.05, 4.69) is 5.32 Å². The van der Waals surface area contributed by atoms with E-state index in [4.69, 9.17) is 5.73 Å². The Morgan fingerprint density at radius 1 is 1.29 bits per heavy atom. The SMILES string of the molecule is NC(=O)NCCc1cccc2ccc(O)cc12. The molecule has 88 valence electrons. The lowest BCUT2D eigenvalue weighted by Gasteiger charge is -2.07. The van der Waals surface area contributed by atoms with E-state index in [0.29, 0.717) is 13.0 Å². The summed E-state index contributed by atoms with van der Waals surface area (Å²) in [4.78, 5) is 10.6. The standard InChI is InChI=1S/C13H14N2O2/c14-13(17)15-7-6-10-3-1-2-9-4-5-11(16)8-12(9)10/h1-5,8,16H,6-7H2,(H3,14,15,17). The van der Waals surface area contributed by atoms with Crippen molar-refractivity contribution in [3.05, 3.63) is 42.0 Å². The van der Waals surface area contributed by atoms with E-state index in [1.165, 1.54) is 0 Å². The highest BCUT2D eigenvalue weighted by molar-refractivity contribution is 5.87. The van der Waals surface area contributed by atoms with Crippen LogP contribution in [0.3, 0.4) is 0 Å². The summed E-state index contributed by atoms with van der Waals surface area (Å²) in [6.07, 6.45) is 0.684. The van der Waals surface area contributed by atoms with Gasteiger partial charge in [-0.15, -0.1) is 0 Å². The van der Waals surface area contributed by atoms with Gasteiger partial charge in [0.2, 0.25) is 0 Å². The zero-order chi connectivity index (χ0) is 12.3. The summed E-state index contributed by atoms with van der Waals surface area (Å²) in [5, 5.41) is 14.1. The number of hydrogen-bond acceptors (Lipinski definition) is 2. The van der Waals surface area contributed by atoms with Crippen molar-refractivity contribution in [1.82, 2.24) is 5.32 Å². The van der Waals surface area contributed by atoms with Gasteiger partial charge in [0.1, 0.15) is 5.75 Å². The molecule has 0 fully saturated rings. The maximum atomic E-state index is 10.6. The number of phenols is 1. The molecular weight excluding hydrogens is 216 g/mol. The Bertz CT molecular complexity index is 552. The topological polar surface area (TPSA) is 75.4 Å². The molecule has 4 heteroatoms. The number of hydrogen-bond donors (Lipinski definition) is 3. The van der Waals surface area contributed by atoms with Crippen LogP contribution >= 0.6 is 0 Å². The molecule has 0 unspecified atom stereocenters. The number of primary amides is 1. The lowest BCUT2D eigenvalue weighted by atomic mass is 10.0. The van der Waals surface area contributed by atoms with E-state index in [9.17, 15) is 9.90 Å². The van der Waals surface area contributed by atoms with Crippen LogP contribution in [0.25, 0.3) is 10.8 Å². The van der Waals surface area contributed by atoms with Gasteiger partial charge in [-0.3, -0.25) is 0 Å². The number of amides is 2. The molecule has 4 N–H and O–H groups in total. The van der Waals surface area contributed by atoms with Crippen LogP contribution in [0.2, 0.25) is 0 Å². The third kappa shape index (κ3) is 2.66. The normalized spacial score (nSPS) is 10.4. The summed E-state index contributed by atoms with van der Waals surface area (Å²) in [7, 11) is 0. The zero-order valence-corrected chi connectivity index (χ0v) is 9.31. The molecule has 2 rings (SSSR count). The van der Waals surface area contributed by atoms with Crippen molar-refractivity contribution in [2.24, 2.45) is 5.73 Å². The van der Waals surface area contributed by atoms with Gasteiger partial charge in [-0.2, -0.15) is 0 Å². The molecule has 17 heavy (non-hydrogen) atoms. The van der Waals surface area contributed by atoms with Crippen LogP contribution in [0.1, 0.15) is 5.56 Å². The van der Waals surface area contributed by atoms with E-state index in [-0.39, 0.29) is 5.75 Å². The molecule has 0 aliphatic heterocycles. The molecule has 0 heterocycles. The van der Waals surface area contributed by atoms with Crippen LogP contribution in [0, 0.1) is 0 Å². The summed E-state index contributed by atoms with van der Waals surface area (Å²) in [6.45, 7) is 0.490. The fourth-order valence-electron chi connectivity index (χ4n) is 1.86. The number of nitrogens with one attached hydrogen (secondary N) is 1. The molecule has 2 aromatic carbocycles. The van der Waals surface area contributed by atoms with Gasteiger partial charge in [-0.05, 0) is 34.9 Å². The summed E-state index contributed by atoms with van der Waals surface area (Å²) >= 11 is 0. The van der Waals surface area contributed by atoms with Crippen molar-refractivity contribution in [3.63, 3.8) is 0 Å². The van der Waals surface area contributed by atoms with Crippen molar-refractivity contribution in [3.8, 4) is 5.75 Å². The lowest BCUT2D eigenvalue weighted by Crippen LogP contribution is -2.30. The molecule has 2 amide bonds. The smallest absolute Gasteiger partial charge is 0.312 e. The van der Waals surface area contributed by atoms with Crippen LogP contribution in [0.5, 0.6) is 5.75 Å². The highest BCUT2D eigenvalue weighted by atomic mass is 16.3. The average Bonchev–Trinajstić information content (AvgIpc) is 2.29. The molecule has 4 nitrogen and oxygen atoms in total. The number of nitrogens with two attached hydrogens (primary N) is 1. The predicted molar refractivity (Wildman–Crippen MR) is 66.9 cm³/mol. The Morgan fingerprint density at radius 2 is 2.12 bits per heavy atom. The minimum absolute atomic E-state index is 0.243. The molecule has 0 spiro atoms. The molecule has 0 saturated carbocycles. The fourth-order valence-corrected chi connectivity index (χ4v) is 1.86. The second-order valence-corrected chi connectivity index (χ2v) is 3.86. The highest BCUT2D eigenvalue weighted by Crippen LogP contribution is 2.23. The van der Waals surface area contributed by atoms with Crippen molar-refractivity contribution in [2.45, 2.75) is 6.42 Å². The Labute approximate surface area is 99.1 Å². The first-order valence-electron chi connectivity index (χ1n) is 5.41. The highest BCUT2D eigenvalue weighted by Gasteiger charge is 2.02. The molecule has 2 aromatic rings. The van der Waals surface area contributed by atoms with Gasteiger partial charge in [0.25, 0.3) is 0 Å². The second-order valence-electron chi connectivity index (χ2n) is 3.86. The van der Waals surface area contributed by atoms with Gasteiger partial charge < -0.3 is 16.2 Å². The average molecular weight is 230 g/mol. The third-order valence-corrected chi connectivity index (χ3v) is 2.65. The zero-order valence-electron chi connectivity index (χ0n) is 9.31. The Hall–Kier alpha value is -2.23. The number of fused-ring (bicyclic) bond motifs is 1. The monoisotopic (exact) mass is 230 g/mol. The Balaban J connectivity index is 2.27. The maximum absolute atomic E-state index is 10.6. The van der Waals surface area contributed by atoms with Crippen molar-refractivity contribution in [1.29, 1.82) is 0 Å². The molecule has 0 atom stereocenters. The lowest BCUT2D eigenvalue weighted by molar-refractivity contribution is 0.249. The van der Waals surface area contributed by atoms with Gasteiger partial charge in [0.05, 0.1) is 0 Å². The predicted octanol–water partition coefficient (Wildman–Crippen LogP) is 1.76. The summed E-state index contributed by atoms with van der Waals surface area (Å²) in [5.74, 6) is 0.243. The van der Waals surface area contributed by atoms with Crippen molar-refractivity contribution < 1.29 is 9.90 Å². The minimum atomic E-state index is -0.520. The summed E-state index contributed by atoms with van der Waals surface area (Å²) in [6, 6.07) is 10.7. The van der Waals surface area contributed by atoms with E-state index >= 15 is 0 Å². The number of carbonyl (C=O) groups excluding carboxylic acids is 1. The molecule has 0 bridgehead atoms. The van der Waals surface area contributed by atoms with Crippen molar-refractivity contribution >= 4 is 16.8 Å². The van der Waals surface area contributed by atoms with Crippen molar-refractivity contribution in [2.75, 3.05) is 6.54 Å². The van der Waals surface area contributed by atoms with E-state index in [1.807, 2.05) is 24.3 Å². The van der Waals surface area contributed by atoms with Crippen LogP contribution in [-0.4, -0.2) is 17.7 Å². The number of aromatic hydroxyl groups is 1. The molecule has 0 aromatic heterocycles. The van der Waals surface area contributed by atoms with Gasteiger partial charge >= 0.3 is 6.03 Å². The first kappa shape index (κ1) is 11.3. The van der Waals surface area contributed by atoms with Gasteiger partial charge in [-0.25, -0.2) is 4.79 Å². The van der Waals surface area contributed by atoms with Crippen LogP contribution in [-0.2, 0) is 6.42 Å². The molecule has 0 aliphatic carbocycles. The molecule has 0 radical (unpaired) electrons. The summed E-state index contributed by atoms with van der Waals surface area (Å²) < 4.78 is 0. The Kier molecular flexibility index (Phi) is 3.14.